The molecule has 0 aliphatic heterocycles. The van der Waals surface area contributed by atoms with Gasteiger partial charge in [0.05, 0.1) is 12.3 Å². The number of aliphatic hydroxyl groups excluding tert-OH is 1. The van der Waals surface area contributed by atoms with E-state index in [9.17, 15) is 22.4 Å². The van der Waals surface area contributed by atoms with E-state index in [1.807, 2.05) is 0 Å². The summed E-state index contributed by atoms with van der Waals surface area (Å²) in [6.45, 7) is -0.990. The Kier molecular flexibility index (Phi) is 3.96. The van der Waals surface area contributed by atoms with Gasteiger partial charge in [0.1, 0.15) is 0 Å². The number of amides is 1. The Labute approximate surface area is 97.6 Å². The quantitative estimate of drug-likeness (QED) is 0.736. The summed E-state index contributed by atoms with van der Waals surface area (Å²) < 4.78 is 52.6. The lowest BCUT2D eigenvalue weighted by Crippen LogP contribution is -2.19. The van der Waals surface area contributed by atoms with Gasteiger partial charge < -0.3 is 14.9 Å². The van der Waals surface area contributed by atoms with E-state index in [4.69, 9.17) is 10.2 Å². The molecule has 1 aromatic carbocycles. The highest BCUT2D eigenvalue weighted by Crippen LogP contribution is 2.31. The van der Waals surface area contributed by atoms with Crippen LogP contribution in [0.4, 0.5) is 28.0 Å². The smallest absolute Gasteiger partial charge is 0.465 e. The van der Waals surface area contributed by atoms with Crippen molar-refractivity contribution in [3.05, 3.63) is 23.5 Å². The molecule has 100 valence electrons. The normalized spacial score (nSPS) is 11.2. The van der Waals surface area contributed by atoms with E-state index in [1.165, 1.54) is 0 Å². The molecule has 0 aliphatic carbocycles. The zero-order valence-electron chi connectivity index (χ0n) is 8.58. The predicted octanol–water partition coefficient (Wildman–Crippen LogP) is 2.31. The third-order valence-electron chi connectivity index (χ3n) is 1.83. The van der Waals surface area contributed by atoms with Gasteiger partial charge in [0.2, 0.25) is 0 Å². The summed E-state index contributed by atoms with van der Waals surface area (Å²) in [5.74, 6) is -2.64. The van der Waals surface area contributed by atoms with Crippen molar-refractivity contribution in [1.82, 2.24) is 0 Å². The lowest BCUT2D eigenvalue weighted by Gasteiger charge is -2.14. The van der Waals surface area contributed by atoms with Gasteiger partial charge >= 0.3 is 12.5 Å². The van der Waals surface area contributed by atoms with Crippen LogP contribution in [-0.2, 0) is 6.61 Å². The van der Waals surface area contributed by atoms with E-state index in [2.05, 4.69) is 4.74 Å². The number of carbonyl (C=O) groups is 1. The zero-order chi connectivity index (χ0) is 13.9. The maximum atomic E-state index is 13.5. The fourth-order valence-electron chi connectivity index (χ4n) is 1.19. The molecule has 0 aromatic heterocycles. The molecule has 0 bridgehead atoms. The van der Waals surface area contributed by atoms with E-state index in [-0.39, 0.29) is 5.69 Å². The van der Waals surface area contributed by atoms with Gasteiger partial charge in [-0.05, 0) is 12.1 Å². The van der Waals surface area contributed by atoms with E-state index in [0.29, 0.717) is 6.07 Å². The molecule has 0 atom stereocenters. The number of ether oxygens (including phenoxy) is 1. The number of hydrogen-bond donors (Lipinski definition) is 3. The number of alkyl halides is 3. The summed E-state index contributed by atoms with van der Waals surface area (Å²) in [6.07, 6.45) is -6.64. The lowest BCUT2D eigenvalue weighted by molar-refractivity contribution is -0.275. The number of aliphatic hydroxyl groups is 1. The van der Waals surface area contributed by atoms with E-state index in [0.717, 1.165) is 6.07 Å². The van der Waals surface area contributed by atoms with Crippen molar-refractivity contribution in [3.8, 4) is 5.75 Å². The first-order valence-electron chi connectivity index (χ1n) is 4.42. The van der Waals surface area contributed by atoms with Crippen molar-refractivity contribution >= 4 is 11.8 Å². The van der Waals surface area contributed by atoms with Gasteiger partial charge in [0.25, 0.3) is 0 Å². The fraction of sp³-hybridized carbons (Fsp3) is 0.222. The van der Waals surface area contributed by atoms with Crippen LogP contribution in [-0.4, -0.2) is 22.7 Å². The first kappa shape index (κ1) is 14.0. The minimum atomic E-state index is -5.09. The Bertz CT molecular complexity index is 461. The van der Waals surface area contributed by atoms with Gasteiger partial charge in [-0.25, -0.2) is 9.18 Å². The molecule has 5 nitrogen and oxygen atoms in total. The maximum Gasteiger partial charge on any atom is 0.573 e. The summed E-state index contributed by atoms with van der Waals surface area (Å²) in [4.78, 5) is 10.3. The Hall–Kier alpha value is -2.03. The number of halogens is 4. The molecule has 0 heterocycles. The molecule has 0 fully saturated rings. The molecule has 1 rings (SSSR count). The summed E-state index contributed by atoms with van der Waals surface area (Å²) in [5.41, 5.74) is -1.00. The number of benzene rings is 1. The average molecular weight is 269 g/mol. The van der Waals surface area contributed by atoms with Crippen molar-refractivity contribution in [3.63, 3.8) is 0 Å². The zero-order valence-corrected chi connectivity index (χ0v) is 8.58. The molecular formula is C9H7F4NO4. The summed E-state index contributed by atoms with van der Waals surface area (Å²) >= 11 is 0. The molecule has 0 saturated carbocycles. The fourth-order valence-corrected chi connectivity index (χ4v) is 1.19. The van der Waals surface area contributed by atoms with Crippen LogP contribution in [0.15, 0.2) is 12.1 Å². The maximum absolute atomic E-state index is 13.5. The van der Waals surface area contributed by atoms with Crippen LogP contribution in [0, 0.1) is 5.82 Å². The van der Waals surface area contributed by atoms with Gasteiger partial charge in [-0.2, -0.15) is 0 Å². The second kappa shape index (κ2) is 5.08. The second-order valence-corrected chi connectivity index (χ2v) is 3.04. The van der Waals surface area contributed by atoms with E-state index < -0.39 is 36.2 Å². The highest BCUT2D eigenvalue weighted by molar-refractivity contribution is 5.84. The van der Waals surface area contributed by atoms with Gasteiger partial charge in [0, 0.05) is 5.56 Å². The van der Waals surface area contributed by atoms with Crippen LogP contribution in [0.25, 0.3) is 0 Å². The van der Waals surface area contributed by atoms with Crippen LogP contribution in [0.3, 0.4) is 0 Å². The molecule has 0 radical (unpaired) electrons. The van der Waals surface area contributed by atoms with Crippen LogP contribution in [0.5, 0.6) is 5.75 Å². The average Bonchev–Trinajstić information content (AvgIpc) is 2.20. The first-order chi connectivity index (χ1) is 8.24. The van der Waals surface area contributed by atoms with Crippen molar-refractivity contribution in [1.29, 1.82) is 0 Å². The van der Waals surface area contributed by atoms with Crippen LogP contribution in [0.1, 0.15) is 5.56 Å². The highest BCUT2D eigenvalue weighted by Gasteiger charge is 2.33. The van der Waals surface area contributed by atoms with Gasteiger partial charge in [-0.15, -0.1) is 13.2 Å². The Balaban J connectivity index is 3.15. The summed E-state index contributed by atoms with van der Waals surface area (Å²) in [6, 6.07) is 1.46. The predicted molar refractivity (Wildman–Crippen MR) is 50.7 cm³/mol. The van der Waals surface area contributed by atoms with Crippen molar-refractivity contribution in [2.24, 2.45) is 0 Å². The lowest BCUT2D eigenvalue weighted by atomic mass is 10.1. The molecule has 3 N–H and O–H groups in total. The summed E-state index contributed by atoms with van der Waals surface area (Å²) in [7, 11) is 0. The van der Waals surface area contributed by atoms with Gasteiger partial charge in [-0.1, -0.05) is 0 Å². The van der Waals surface area contributed by atoms with Crippen LogP contribution in [0.2, 0.25) is 0 Å². The topological polar surface area (TPSA) is 78.8 Å². The molecule has 0 saturated heterocycles. The molecule has 1 aromatic rings. The van der Waals surface area contributed by atoms with Crippen molar-refractivity contribution in [2.75, 3.05) is 5.32 Å². The molecule has 18 heavy (non-hydrogen) atoms. The highest BCUT2D eigenvalue weighted by atomic mass is 19.4. The molecule has 0 spiro atoms. The second-order valence-electron chi connectivity index (χ2n) is 3.04. The van der Waals surface area contributed by atoms with Crippen LogP contribution < -0.4 is 10.1 Å². The molecular weight excluding hydrogens is 262 g/mol. The number of rotatable bonds is 3. The number of carboxylic acid groups (broad SMARTS) is 1. The molecule has 0 unspecified atom stereocenters. The van der Waals surface area contributed by atoms with Crippen LogP contribution >= 0.6 is 0 Å². The number of hydrogen-bond acceptors (Lipinski definition) is 3. The third-order valence-corrected chi connectivity index (χ3v) is 1.83. The SMILES string of the molecule is O=C(O)Nc1ccc(OC(F)(F)F)c(F)c1CO. The third kappa shape index (κ3) is 3.48. The first-order valence-corrected chi connectivity index (χ1v) is 4.42. The number of anilines is 1. The summed E-state index contributed by atoms with van der Waals surface area (Å²) in [5, 5.41) is 19.0. The Morgan fingerprint density at radius 3 is 2.44 bits per heavy atom. The Morgan fingerprint density at radius 1 is 1.39 bits per heavy atom. The number of nitrogens with one attached hydrogen (secondary N) is 1. The Morgan fingerprint density at radius 2 is 2.00 bits per heavy atom. The monoisotopic (exact) mass is 269 g/mol. The standard InChI is InChI=1S/C9H7F4NO4/c10-7-4(3-15)5(14-8(16)17)1-2-6(7)18-9(11,12)13/h1-2,14-15H,3H2,(H,16,17). The minimum Gasteiger partial charge on any atom is -0.465 e. The molecule has 9 heteroatoms. The van der Waals surface area contributed by atoms with Crippen molar-refractivity contribution in [2.45, 2.75) is 13.0 Å². The minimum absolute atomic E-state index is 0.364. The largest absolute Gasteiger partial charge is 0.573 e. The van der Waals surface area contributed by atoms with E-state index in [1.54, 1.807) is 5.32 Å². The van der Waals surface area contributed by atoms with Gasteiger partial charge in [-0.3, -0.25) is 5.32 Å². The van der Waals surface area contributed by atoms with Crippen molar-refractivity contribution < 1.29 is 37.3 Å². The van der Waals surface area contributed by atoms with E-state index >= 15 is 0 Å². The van der Waals surface area contributed by atoms with Gasteiger partial charge in [0.15, 0.2) is 11.6 Å². The molecule has 0 aliphatic rings. The molecule has 1 amide bonds.